The second-order valence-corrected chi connectivity index (χ2v) is 5.13. The lowest BCUT2D eigenvalue weighted by Crippen LogP contribution is -1.91. The molecule has 0 spiro atoms. The molecule has 0 atom stereocenters. The Bertz CT molecular complexity index is 659. The molecular weight excluding hydrogens is 204 g/mol. The Morgan fingerprint density at radius 1 is 0.765 bits per heavy atom. The van der Waals surface area contributed by atoms with Crippen molar-refractivity contribution >= 4 is 11.1 Å². The van der Waals surface area contributed by atoms with Gasteiger partial charge >= 0.3 is 0 Å². The Morgan fingerprint density at radius 3 is 2.35 bits per heavy atom. The maximum atomic E-state index is 2.35. The van der Waals surface area contributed by atoms with E-state index >= 15 is 0 Å². The number of benzene rings is 2. The fourth-order valence-electron chi connectivity index (χ4n) is 3.20. The lowest BCUT2D eigenvalue weighted by molar-refractivity contribution is 1.24. The number of hydrogen-bond donors (Lipinski definition) is 0. The normalized spacial score (nSPS) is 15.8. The van der Waals surface area contributed by atoms with Crippen LogP contribution in [0.2, 0.25) is 0 Å². The fourth-order valence-corrected chi connectivity index (χ4v) is 3.20. The van der Waals surface area contributed by atoms with Crippen molar-refractivity contribution < 1.29 is 0 Å². The van der Waals surface area contributed by atoms with Gasteiger partial charge in [0, 0.05) is 0 Å². The first-order chi connectivity index (χ1) is 8.33. The fraction of sp³-hybridized carbons (Fsp3) is 0.176. The smallest absolute Gasteiger partial charge is 0.00106 e. The lowest BCUT2D eigenvalue weighted by atomic mass is 9.98. The molecule has 0 saturated heterocycles. The lowest BCUT2D eigenvalue weighted by Gasteiger charge is -2.07. The van der Waals surface area contributed by atoms with Crippen LogP contribution in [0.5, 0.6) is 0 Å². The number of aryl methyl sites for hydroxylation is 1. The van der Waals surface area contributed by atoms with Crippen LogP contribution in [0.4, 0.5) is 0 Å². The summed E-state index contributed by atoms with van der Waals surface area (Å²) in [7, 11) is 0. The number of rotatable bonds is 0. The molecule has 0 heterocycles. The summed E-state index contributed by atoms with van der Waals surface area (Å²) < 4.78 is 0. The van der Waals surface area contributed by atoms with E-state index in [-0.39, 0.29) is 0 Å². The summed E-state index contributed by atoms with van der Waals surface area (Å²) in [5, 5.41) is 0. The third-order valence-corrected chi connectivity index (χ3v) is 4.03. The first kappa shape index (κ1) is 9.23. The first-order valence-electron chi connectivity index (χ1n) is 6.23. The Kier molecular flexibility index (Phi) is 1.69. The van der Waals surface area contributed by atoms with Gasteiger partial charge in [0.1, 0.15) is 0 Å². The van der Waals surface area contributed by atoms with Gasteiger partial charge in [0.15, 0.2) is 0 Å². The zero-order valence-electron chi connectivity index (χ0n) is 9.96. The van der Waals surface area contributed by atoms with Crippen LogP contribution in [0, 0.1) is 6.92 Å². The number of hydrogen-bond acceptors (Lipinski definition) is 0. The summed E-state index contributed by atoms with van der Waals surface area (Å²) in [4.78, 5) is 0. The van der Waals surface area contributed by atoms with Crippen molar-refractivity contribution in [3.63, 3.8) is 0 Å². The highest BCUT2D eigenvalue weighted by atomic mass is 14.3. The van der Waals surface area contributed by atoms with Crippen molar-refractivity contribution in [2.45, 2.75) is 19.8 Å². The molecule has 0 radical (unpaired) electrons. The van der Waals surface area contributed by atoms with E-state index in [2.05, 4.69) is 49.4 Å². The van der Waals surface area contributed by atoms with E-state index in [1.807, 2.05) is 0 Å². The quantitative estimate of drug-likeness (QED) is 0.626. The Morgan fingerprint density at radius 2 is 1.47 bits per heavy atom. The Hall–Kier alpha value is -1.82. The maximum absolute atomic E-state index is 2.35. The van der Waals surface area contributed by atoms with E-state index in [4.69, 9.17) is 0 Å². The SMILES string of the molecule is Cc1ccc2c(c1)C1=C(C2)c2ccccc2C1. The summed E-state index contributed by atoms with van der Waals surface area (Å²) in [6, 6.07) is 15.7. The van der Waals surface area contributed by atoms with Gasteiger partial charge in [0.05, 0.1) is 0 Å². The second-order valence-electron chi connectivity index (χ2n) is 5.13. The summed E-state index contributed by atoms with van der Waals surface area (Å²) in [6.45, 7) is 2.18. The van der Waals surface area contributed by atoms with Crippen LogP contribution in [0.3, 0.4) is 0 Å². The van der Waals surface area contributed by atoms with E-state index in [1.165, 1.54) is 27.8 Å². The van der Waals surface area contributed by atoms with Gasteiger partial charge in [-0.05, 0) is 53.2 Å². The van der Waals surface area contributed by atoms with Crippen molar-refractivity contribution in [1.29, 1.82) is 0 Å². The van der Waals surface area contributed by atoms with Gasteiger partial charge in [-0.25, -0.2) is 0 Å². The largest absolute Gasteiger partial charge is 0.0619 e. The minimum atomic E-state index is 1.13. The Labute approximate surface area is 102 Å². The summed E-state index contributed by atoms with van der Waals surface area (Å²) >= 11 is 0. The monoisotopic (exact) mass is 218 g/mol. The van der Waals surface area contributed by atoms with E-state index in [0.717, 1.165) is 12.8 Å². The van der Waals surface area contributed by atoms with Gasteiger partial charge in [-0.2, -0.15) is 0 Å². The van der Waals surface area contributed by atoms with Gasteiger partial charge in [0.2, 0.25) is 0 Å². The predicted octanol–water partition coefficient (Wildman–Crippen LogP) is 4.02. The third-order valence-electron chi connectivity index (χ3n) is 4.03. The standard InChI is InChI=1S/C17H14/c1-11-6-7-13-10-16-14-5-3-2-4-12(14)9-17(16)15(13)8-11/h2-8H,9-10H2,1H3. The van der Waals surface area contributed by atoms with Crippen LogP contribution in [0.15, 0.2) is 42.5 Å². The highest BCUT2D eigenvalue weighted by Gasteiger charge is 2.28. The third kappa shape index (κ3) is 1.18. The first-order valence-corrected chi connectivity index (χ1v) is 6.23. The van der Waals surface area contributed by atoms with Crippen molar-refractivity contribution in [3.8, 4) is 0 Å². The van der Waals surface area contributed by atoms with Gasteiger partial charge in [-0.1, -0.05) is 48.0 Å². The molecule has 0 fully saturated rings. The Balaban J connectivity index is 1.92. The molecule has 0 saturated carbocycles. The van der Waals surface area contributed by atoms with Crippen LogP contribution >= 0.6 is 0 Å². The zero-order valence-corrected chi connectivity index (χ0v) is 9.96. The maximum Gasteiger partial charge on any atom is -0.00106 e. The van der Waals surface area contributed by atoms with Crippen molar-refractivity contribution in [1.82, 2.24) is 0 Å². The average Bonchev–Trinajstić information content (AvgIpc) is 2.85. The molecule has 0 aliphatic heterocycles. The van der Waals surface area contributed by atoms with Crippen molar-refractivity contribution in [2.75, 3.05) is 0 Å². The molecule has 2 aromatic rings. The van der Waals surface area contributed by atoms with E-state index in [1.54, 1.807) is 11.1 Å². The molecule has 2 aromatic carbocycles. The number of fused-ring (bicyclic) bond motifs is 4. The van der Waals surface area contributed by atoms with Gasteiger partial charge in [-0.3, -0.25) is 0 Å². The van der Waals surface area contributed by atoms with Crippen LogP contribution < -0.4 is 0 Å². The molecule has 0 heteroatoms. The van der Waals surface area contributed by atoms with Crippen molar-refractivity contribution in [2.24, 2.45) is 0 Å². The molecule has 17 heavy (non-hydrogen) atoms. The average molecular weight is 218 g/mol. The summed E-state index contributed by atoms with van der Waals surface area (Å²) in [5.41, 5.74) is 10.5. The highest BCUT2D eigenvalue weighted by molar-refractivity contribution is 6.02. The van der Waals surface area contributed by atoms with Crippen LogP contribution in [-0.2, 0) is 12.8 Å². The van der Waals surface area contributed by atoms with Crippen LogP contribution in [-0.4, -0.2) is 0 Å². The summed E-state index contributed by atoms with van der Waals surface area (Å²) in [5.74, 6) is 0. The minimum absolute atomic E-state index is 1.13. The molecule has 0 unspecified atom stereocenters. The van der Waals surface area contributed by atoms with E-state index in [0.29, 0.717) is 0 Å². The highest BCUT2D eigenvalue weighted by Crippen LogP contribution is 2.46. The molecule has 2 aliphatic rings. The second kappa shape index (κ2) is 3.10. The zero-order chi connectivity index (χ0) is 11.4. The van der Waals surface area contributed by atoms with E-state index in [9.17, 15) is 0 Å². The molecule has 2 aliphatic carbocycles. The topological polar surface area (TPSA) is 0 Å². The molecule has 0 N–H and O–H groups in total. The van der Waals surface area contributed by atoms with Gasteiger partial charge < -0.3 is 0 Å². The van der Waals surface area contributed by atoms with Crippen LogP contribution in [0.1, 0.15) is 27.8 Å². The molecule has 0 bridgehead atoms. The molecular formula is C17H14. The minimum Gasteiger partial charge on any atom is -0.0619 e. The molecule has 0 aromatic heterocycles. The molecule has 4 rings (SSSR count). The van der Waals surface area contributed by atoms with Crippen molar-refractivity contribution in [3.05, 3.63) is 70.3 Å². The molecule has 82 valence electrons. The van der Waals surface area contributed by atoms with Gasteiger partial charge in [-0.15, -0.1) is 0 Å². The number of allylic oxidation sites excluding steroid dienone is 2. The predicted molar refractivity (Wildman–Crippen MR) is 71.8 cm³/mol. The summed E-state index contributed by atoms with van der Waals surface area (Å²) in [6.07, 6.45) is 2.25. The van der Waals surface area contributed by atoms with Gasteiger partial charge in [0.25, 0.3) is 0 Å². The van der Waals surface area contributed by atoms with E-state index < -0.39 is 0 Å². The van der Waals surface area contributed by atoms with Crippen LogP contribution in [0.25, 0.3) is 11.1 Å². The molecule has 0 nitrogen and oxygen atoms in total. The molecule has 0 amide bonds.